The molecular formula is C17H27ClN4O4S. The molecule has 1 fully saturated rings. The van der Waals surface area contributed by atoms with Gasteiger partial charge in [0.05, 0.1) is 11.4 Å². The van der Waals surface area contributed by atoms with E-state index in [9.17, 15) is 18.0 Å². The molecule has 0 spiro atoms. The van der Waals surface area contributed by atoms with Gasteiger partial charge in [0.15, 0.2) is 0 Å². The van der Waals surface area contributed by atoms with Crippen LogP contribution in [0, 0.1) is 5.92 Å². The number of likely N-dealkylation sites (N-methyl/N-ethyl adjacent to an activating group) is 1. The third kappa shape index (κ3) is 6.17. The Hall–Kier alpha value is -1.68. The highest BCUT2D eigenvalue weighted by molar-refractivity contribution is 7.89. The molecule has 0 aliphatic carbocycles. The van der Waals surface area contributed by atoms with Gasteiger partial charge in [0, 0.05) is 32.7 Å². The molecule has 2 rings (SSSR count). The van der Waals surface area contributed by atoms with Crippen LogP contribution in [0.25, 0.3) is 0 Å². The molecule has 0 saturated carbocycles. The van der Waals surface area contributed by atoms with E-state index < -0.39 is 10.0 Å². The lowest BCUT2D eigenvalue weighted by Crippen LogP contribution is -2.40. The van der Waals surface area contributed by atoms with Gasteiger partial charge in [0.2, 0.25) is 21.8 Å². The maximum absolute atomic E-state index is 12.6. The third-order valence-corrected chi connectivity index (χ3v) is 6.19. The molecule has 8 nitrogen and oxygen atoms in total. The SMILES string of the molecule is CNCC1CCN(C(=O)CN(C)S(=O)(=O)c2ccc(NC(C)=O)cc2)C1.Cl. The number of benzene rings is 1. The van der Waals surface area contributed by atoms with Gasteiger partial charge in [-0.05, 0) is 50.2 Å². The van der Waals surface area contributed by atoms with Gasteiger partial charge in [-0.1, -0.05) is 0 Å². The molecule has 0 radical (unpaired) electrons. The van der Waals surface area contributed by atoms with Gasteiger partial charge in [0.25, 0.3) is 0 Å². The normalized spacial score (nSPS) is 16.9. The molecule has 1 aromatic rings. The van der Waals surface area contributed by atoms with E-state index in [0.29, 0.717) is 24.7 Å². The fraction of sp³-hybridized carbons (Fsp3) is 0.529. The van der Waals surface area contributed by atoms with Crippen molar-refractivity contribution in [2.75, 3.05) is 45.6 Å². The summed E-state index contributed by atoms with van der Waals surface area (Å²) in [6.45, 7) is 3.34. The average Bonchev–Trinajstić information content (AvgIpc) is 3.04. The largest absolute Gasteiger partial charge is 0.341 e. The molecule has 1 aliphatic heterocycles. The zero-order valence-corrected chi connectivity index (χ0v) is 17.4. The van der Waals surface area contributed by atoms with E-state index in [1.165, 1.54) is 38.2 Å². The van der Waals surface area contributed by atoms with E-state index in [2.05, 4.69) is 10.6 Å². The maximum atomic E-state index is 12.6. The first-order valence-corrected chi connectivity index (χ1v) is 9.94. The van der Waals surface area contributed by atoms with Crippen molar-refractivity contribution in [2.24, 2.45) is 5.92 Å². The topological polar surface area (TPSA) is 98.8 Å². The van der Waals surface area contributed by atoms with Crippen LogP contribution >= 0.6 is 12.4 Å². The first-order valence-electron chi connectivity index (χ1n) is 8.50. The highest BCUT2D eigenvalue weighted by atomic mass is 35.5. The van der Waals surface area contributed by atoms with Gasteiger partial charge in [-0.2, -0.15) is 4.31 Å². The Kier molecular flexibility index (Phi) is 8.67. The van der Waals surface area contributed by atoms with Crippen molar-refractivity contribution in [3.8, 4) is 0 Å². The van der Waals surface area contributed by atoms with Gasteiger partial charge in [0.1, 0.15) is 0 Å². The van der Waals surface area contributed by atoms with Crippen LogP contribution in [0.4, 0.5) is 5.69 Å². The van der Waals surface area contributed by atoms with Crippen LogP contribution in [0.2, 0.25) is 0 Å². The molecule has 27 heavy (non-hydrogen) atoms. The summed E-state index contributed by atoms with van der Waals surface area (Å²) in [6.07, 6.45) is 0.924. The number of rotatable bonds is 7. The smallest absolute Gasteiger partial charge is 0.243 e. The minimum absolute atomic E-state index is 0. The number of likely N-dealkylation sites (tertiary alicyclic amines) is 1. The molecule has 1 aromatic carbocycles. The quantitative estimate of drug-likeness (QED) is 0.681. The summed E-state index contributed by atoms with van der Waals surface area (Å²) in [5, 5.41) is 5.68. The first-order chi connectivity index (χ1) is 12.2. The van der Waals surface area contributed by atoms with Crippen LogP contribution in [-0.4, -0.2) is 69.7 Å². The molecule has 152 valence electrons. The zero-order chi connectivity index (χ0) is 19.3. The Labute approximate surface area is 166 Å². The number of carbonyl (C=O) groups excluding carboxylic acids is 2. The fourth-order valence-corrected chi connectivity index (χ4v) is 4.10. The van der Waals surface area contributed by atoms with Gasteiger partial charge in [-0.15, -0.1) is 12.4 Å². The van der Waals surface area contributed by atoms with Crippen molar-refractivity contribution in [1.82, 2.24) is 14.5 Å². The van der Waals surface area contributed by atoms with Gasteiger partial charge in [-0.25, -0.2) is 8.42 Å². The number of nitrogens with zero attached hydrogens (tertiary/aromatic N) is 2. The van der Waals surface area contributed by atoms with Crippen LogP contribution in [0.15, 0.2) is 29.2 Å². The number of nitrogens with one attached hydrogen (secondary N) is 2. The lowest BCUT2D eigenvalue weighted by Gasteiger charge is -2.21. The van der Waals surface area contributed by atoms with E-state index in [-0.39, 0.29) is 35.7 Å². The Morgan fingerprint density at radius 3 is 2.44 bits per heavy atom. The van der Waals surface area contributed by atoms with Crippen LogP contribution < -0.4 is 10.6 Å². The lowest BCUT2D eigenvalue weighted by molar-refractivity contribution is -0.130. The predicted octanol–water partition coefficient (Wildman–Crippen LogP) is 0.755. The second-order valence-electron chi connectivity index (χ2n) is 6.52. The number of hydrogen-bond donors (Lipinski definition) is 2. The minimum Gasteiger partial charge on any atom is -0.341 e. The Balaban J connectivity index is 0.00000364. The summed E-state index contributed by atoms with van der Waals surface area (Å²) in [6, 6.07) is 5.88. The molecule has 1 unspecified atom stereocenters. The van der Waals surface area contributed by atoms with Crippen molar-refractivity contribution < 1.29 is 18.0 Å². The van der Waals surface area contributed by atoms with Crippen molar-refractivity contribution in [2.45, 2.75) is 18.2 Å². The molecule has 1 saturated heterocycles. The second kappa shape index (κ2) is 10.0. The first kappa shape index (κ1) is 23.4. The summed E-state index contributed by atoms with van der Waals surface area (Å²) in [5.41, 5.74) is 0.517. The van der Waals surface area contributed by atoms with Crippen LogP contribution in [0.3, 0.4) is 0 Å². The molecule has 2 N–H and O–H groups in total. The van der Waals surface area contributed by atoms with Crippen molar-refractivity contribution in [3.63, 3.8) is 0 Å². The third-order valence-electron chi connectivity index (χ3n) is 4.37. The number of anilines is 1. The monoisotopic (exact) mass is 418 g/mol. The van der Waals surface area contributed by atoms with Gasteiger partial charge >= 0.3 is 0 Å². The number of carbonyl (C=O) groups is 2. The molecule has 0 aromatic heterocycles. The highest BCUT2D eigenvalue weighted by Crippen LogP contribution is 2.19. The summed E-state index contributed by atoms with van der Waals surface area (Å²) in [4.78, 5) is 25.2. The summed E-state index contributed by atoms with van der Waals surface area (Å²) < 4.78 is 26.3. The fourth-order valence-electron chi connectivity index (χ4n) is 2.98. The van der Waals surface area contributed by atoms with E-state index >= 15 is 0 Å². The highest BCUT2D eigenvalue weighted by Gasteiger charge is 2.29. The molecule has 1 heterocycles. The average molecular weight is 419 g/mol. The van der Waals surface area contributed by atoms with Crippen molar-refractivity contribution >= 4 is 39.9 Å². The molecule has 0 bridgehead atoms. The molecular weight excluding hydrogens is 392 g/mol. The van der Waals surface area contributed by atoms with Crippen molar-refractivity contribution in [3.05, 3.63) is 24.3 Å². The summed E-state index contributed by atoms with van der Waals surface area (Å²) >= 11 is 0. The molecule has 1 aliphatic rings. The molecule has 10 heteroatoms. The zero-order valence-electron chi connectivity index (χ0n) is 15.8. The van der Waals surface area contributed by atoms with Crippen molar-refractivity contribution in [1.29, 1.82) is 0 Å². The minimum atomic E-state index is -3.77. The van der Waals surface area contributed by atoms with Crippen LogP contribution in [0.1, 0.15) is 13.3 Å². The van der Waals surface area contributed by atoms with E-state index in [0.717, 1.165) is 17.3 Å². The van der Waals surface area contributed by atoms with E-state index in [1.54, 1.807) is 4.90 Å². The number of amides is 2. The lowest BCUT2D eigenvalue weighted by atomic mass is 10.1. The number of sulfonamides is 1. The van der Waals surface area contributed by atoms with Crippen LogP contribution in [-0.2, 0) is 19.6 Å². The summed E-state index contributed by atoms with van der Waals surface area (Å²) in [7, 11) is -0.496. The molecule has 1 atom stereocenters. The van der Waals surface area contributed by atoms with E-state index in [1.807, 2.05) is 7.05 Å². The summed E-state index contributed by atoms with van der Waals surface area (Å²) in [5.74, 6) is -0.0118. The van der Waals surface area contributed by atoms with E-state index in [4.69, 9.17) is 0 Å². The predicted molar refractivity (Wildman–Crippen MR) is 106 cm³/mol. The second-order valence-corrected chi connectivity index (χ2v) is 8.56. The number of halogens is 1. The van der Waals surface area contributed by atoms with Gasteiger partial charge < -0.3 is 15.5 Å². The maximum Gasteiger partial charge on any atom is 0.243 e. The Morgan fingerprint density at radius 1 is 1.26 bits per heavy atom. The van der Waals surface area contributed by atoms with Crippen LogP contribution in [0.5, 0.6) is 0 Å². The number of hydrogen-bond acceptors (Lipinski definition) is 5. The van der Waals surface area contributed by atoms with Gasteiger partial charge in [-0.3, -0.25) is 9.59 Å². The Bertz CT molecular complexity index is 755. The Morgan fingerprint density at radius 2 is 1.89 bits per heavy atom. The molecule has 2 amide bonds. The standard InChI is InChI=1S/C17H26N4O4S.ClH/c1-13(22)19-15-4-6-16(7-5-15)26(24,25)20(3)12-17(23)21-9-8-14(11-21)10-18-2;/h4-7,14,18H,8-12H2,1-3H3,(H,19,22);1H.